The lowest BCUT2D eigenvalue weighted by Crippen LogP contribution is -2.20. The summed E-state index contributed by atoms with van der Waals surface area (Å²) in [5, 5.41) is 26.8. The third kappa shape index (κ3) is 1.34. The smallest absolute Gasteiger partial charge is 0.179 e. The van der Waals surface area contributed by atoms with E-state index in [1.165, 1.54) is 6.20 Å². The maximum atomic E-state index is 9.02. The van der Waals surface area contributed by atoms with E-state index < -0.39 is 0 Å². The molecule has 11 heavy (non-hydrogen) atoms. The Labute approximate surface area is 61.5 Å². The van der Waals surface area contributed by atoms with Crippen molar-refractivity contribution in [2.24, 2.45) is 5.16 Å². The maximum absolute atomic E-state index is 9.02. The van der Waals surface area contributed by atoms with Crippen LogP contribution in [0, 0.1) is 5.41 Å². The Hall–Kier alpha value is -1.85. The molecule has 3 N–H and O–H groups in total. The van der Waals surface area contributed by atoms with Crippen LogP contribution in [0.5, 0.6) is 0 Å². The zero-order valence-corrected chi connectivity index (χ0v) is 5.47. The molecule has 1 rings (SSSR count). The highest BCUT2D eigenvalue weighted by molar-refractivity contribution is 5.75. The van der Waals surface area contributed by atoms with E-state index in [1.54, 1.807) is 0 Å². The van der Waals surface area contributed by atoms with E-state index in [9.17, 15) is 0 Å². The minimum atomic E-state index is -0.178. The van der Waals surface area contributed by atoms with E-state index in [1.807, 2.05) is 0 Å². The fourth-order valence-electron chi connectivity index (χ4n) is 0.580. The summed E-state index contributed by atoms with van der Waals surface area (Å²) in [7, 11) is 0. The molecule has 0 unspecified atom stereocenters. The molecule has 0 radical (unpaired) electrons. The lowest BCUT2D eigenvalue weighted by molar-refractivity contribution is 0.167. The highest BCUT2D eigenvalue weighted by Crippen LogP contribution is 1.83. The van der Waals surface area contributed by atoms with Gasteiger partial charge in [-0.2, -0.15) is 4.73 Å². The molecule has 0 aliphatic carbocycles. The van der Waals surface area contributed by atoms with E-state index in [2.05, 4.69) is 10.1 Å². The van der Waals surface area contributed by atoms with Gasteiger partial charge in [0.2, 0.25) is 0 Å². The molecule has 0 atom stereocenters. The summed E-state index contributed by atoms with van der Waals surface area (Å²) in [6, 6.07) is 0. The average molecular weight is 154 g/mol. The third-order valence-corrected chi connectivity index (χ3v) is 1.07. The zero-order valence-electron chi connectivity index (χ0n) is 5.47. The zero-order chi connectivity index (χ0) is 8.27. The van der Waals surface area contributed by atoms with Crippen molar-refractivity contribution in [2.45, 2.75) is 0 Å². The average Bonchev–Trinajstić information content (AvgIpc) is 1.99. The molecular weight excluding hydrogens is 148 g/mol. The van der Waals surface area contributed by atoms with E-state index in [0.29, 0.717) is 4.73 Å². The van der Waals surface area contributed by atoms with Crippen molar-refractivity contribution in [1.29, 1.82) is 5.41 Å². The predicted octanol–water partition coefficient (Wildman–Crippen LogP) is -0.592. The van der Waals surface area contributed by atoms with Gasteiger partial charge >= 0.3 is 0 Å². The number of nitrogens with zero attached hydrogens (tertiary/aromatic N) is 3. The Kier molecular flexibility index (Phi) is 1.86. The summed E-state index contributed by atoms with van der Waals surface area (Å²) in [4.78, 5) is 3.59. The van der Waals surface area contributed by atoms with Crippen LogP contribution in [0.4, 0.5) is 0 Å². The van der Waals surface area contributed by atoms with Crippen LogP contribution in [-0.4, -0.2) is 26.3 Å². The molecule has 6 heteroatoms. The first kappa shape index (κ1) is 7.26. The van der Waals surface area contributed by atoms with Crippen LogP contribution in [0.2, 0.25) is 0 Å². The summed E-state index contributed by atoms with van der Waals surface area (Å²) in [5.41, 5.74) is -0.0394. The van der Waals surface area contributed by atoms with Crippen LogP contribution < -0.4 is 5.49 Å². The van der Waals surface area contributed by atoms with E-state index in [0.717, 1.165) is 12.4 Å². The lowest BCUT2D eigenvalue weighted by atomic mass is 10.5. The van der Waals surface area contributed by atoms with Crippen molar-refractivity contribution in [1.82, 2.24) is 9.71 Å². The molecule has 58 valence electrons. The summed E-state index contributed by atoms with van der Waals surface area (Å²) in [5.74, 6) is 0. The van der Waals surface area contributed by atoms with Gasteiger partial charge in [0, 0.05) is 0 Å². The fourth-order valence-corrected chi connectivity index (χ4v) is 0.580. The third-order valence-electron chi connectivity index (χ3n) is 1.07. The number of hydrogen-bond acceptors (Lipinski definition) is 5. The van der Waals surface area contributed by atoms with Crippen LogP contribution in [0.1, 0.15) is 5.69 Å². The van der Waals surface area contributed by atoms with Gasteiger partial charge in [-0.1, -0.05) is 5.16 Å². The first-order valence-electron chi connectivity index (χ1n) is 2.74. The van der Waals surface area contributed by atoms with E-state index in [-0.39, 0.29) is 11.2 Å². The molecule has 1 aromatic heterocycles. The van der Waals surface area contributed by atoms with Crippen molar-refractivity contribution < 1.29 is 10.4 Å². The maximum Gasteiger partial charge on any atom is 0.179 e. The van der Waals surface area contributed by atoms with Gasteiger partial charge in [-0.05, 0) is 0 Å². The highest BCUT2D eigenvalue weighted by atomic mass is 16.5. The Morgan fingerprint density at radius 3 is 3.00 bits per heavy atom. The molecule has 1 heterocycles. The summed E-state index contributed by atoms with van der Waals surface area (Å²) >= 11 is 0. The topological polar surface area (TPSA) is 94.5 Å². The number of aromatic nitrogens is 2. The van der Waals surface area contributed by atoms with Gasteiger partial charge in [-0.15, -0.1) is 0 Å². The van der Waals surface area contributed by atoms with Gasteiger partial charge in [-0.25, -0.2) is 0 Å². The molecule has 0 spiro atoms. The number of hydrogen-bond donors (Lipinski definition) is 3. The molecule has 0 saturated carbocycles. The Bertz CT molecular complexity index is 329. The number of oxime groups is 1. The van der Waals surface area contributed by atoms with Crippen molar-refractivity contribution in [3.8, 4) is 0 Å². The lowest BCUT2D eigenvalue weighted by Gasteiger charge is -1.98. The Balaban J connectivity index is 3.27. The Morgan fingerprint density at radius 2 is 2.36 bits per heavy atom. The van der Waals surface area contributed by atoms with Crippen LogP contribution >= 0.6 is 0 Å². The first-order valence-corrected chi connectivity index (χ1v) is 2.74. The Morgan fingerprint density at radius 1 is 1.64 bits per heavy atom. The van der Waals surface area contributed by atoms with Gasteiger partial charge in [0.15, 0.2) is 5.49 Å². The summed E-state index contributed by atoms with van der Waals surface area (Å²) in [6.07, 6.45) is 3.40. The van der Waals surface area contributed by atoms with Crippen molar-refractivity contribution in [2.75, 3.05) is 0 Å². The molecule has 6 nitrogen and oxygen atoms in total. The van der Waals surface area contributed by atoms with E-state index in [4.69, 9.17) is 15.8 Å². The molecule has 0 bridgehead atoms. The second-order valence-corrected chi connectivity index (χ2v) is 1.77. The molecule has 0 amide bonds. The van der Waals surface area contributed by atoms with Gasteiger partial charge in [0.1, 0.15) is 5.69 Å². The van der Waals surface area contributed by atoms with Gasteiger partial charge in [0.05, 0.1) is 18.6 Å². The fraction of sp³-hybridized carbons (Fsp3) is 0. The number of rotatable bonds is 1. The van der Waals surface area contributed by atoms with Crippen LogP contribution in [0.3, 0.4) is 0 Å². The van der Waals surface area contributed by atoms with Crippen LogP contribution in [-0.2, 0) is 0 Å². The van der Waals surface area contributed by atoms with Crippen LogP contribution in [0.25, 0.3) is 0 Å². The standard InChI is InChI=1S/C5H6N4O2/c6-5-3-7-1-4(2-8-10)9(5)11/h1-3,6,10-11H/b6-5?,8-2-. The summed E-state index contributed by atoms with van der Waals surface area (Å²) < 4.78 is 0.548. The second-order valence-electron chi connectivity index (χ2n) is 1.77. The van der Waals surface area contributed by atoms with Gasteiger partial charge < -0.3 is 10.4 Å². The van der Waals surface area contributed by atoms with Crippen molar-refractivity contribution >= 4 is 6.21 Å². The highest BCUT2D eigenvalue weighted by Gasteiger charge is 1.95. The van der Waals surface area contributed by atoms with Crippen molar-refractivity contribution in [3.05, 3.63) is 23.6 Å². The molecule has 1 aromatic rings. The quantitative estimate of drug-likeness (QED) is 0.218. The molecule has 0 aromatic carbocycles. The second kappa shape index (κ2) is 2.82. The molecule has 0 saturated heterocycles. The predicted molar refractivity (Wildman–Crippen MR) is 34.6 cm³/mol. The molecule has 0 aliphatic rings. The monoisotopic (exact) mass is 154 g/mol. The normalized spacial score (nSPS) is 10.5. The van der Waals surface area contributed by atoms with Crippen LogP contribution in [0.15, 0.2) is 17.5 Å². The minimum absolute atomic E-state index is 0.139. The summed E-state index contributed by atoms with van der Waals surface area (Å²) in [6.45, 7) is 0. The van der Waals surface area contributed by atoms with Gasteiger partial charge in [-0.3, -0.25) is 10.4 Å². The van der Waals surface area contributed by atoms with Gasteiger partial charge in [0.25, 0.3) is 0 Å². The molecular formula is C5H6N4O2. The largest absolute Gasteiger partial charge is 0.426 e. The number of nitrogens with one attached hydrogen (secondary N) is 1. The SMILES string of the molecule is N=c1cncc(/C=N\O)n1O. The minimum Gasteiger partial charge on any atom is -0.426 e. The molecule has 0 fully saturated rings. The van der Waals surface area contributed by atoms with Crippen molar-refractivity contribution in [3.63, 3.8) is 0 Å². The van der Waals surface area contributed by atoms with E-state index >= 15 is 0 Å². The first-order chi connectivity index (χ1) is 5.25. The molecule has 0 aliphatic heterocycles.